The van der Waals surface area contributed by atoms with Crippen LogP contribution >= 0.6 is 12.2 Å². The van der Waals surface area contributed by atoms with E-state index in [4.69, 9.17) is 4.55 Å². The fourth-order valence-corrected chi connectivity index (χ4v) is 0.387. The van der Waals surface area contributed by atoms with E-state index in [2.05, 4.69) is 11.3 Å². The summed E-state index contributed by atoms with van der Waals surface area (Å²) in [6.45, 7) is 2.06. The maximum Gasteiger partial charge on any atom is 0.133 e. The summed E-state index contributed by atoms with van der Waals surface area (Å²) in [6.07, 6.45) is 3.74. The van der Waals surface area contributed by atoms with Gasteiger partial charge in [0, 0.05) is 6.21 Å². The summed E-state index contributed by atoms with van der Waals surface area (Å²) >= 11 is 0.511. The molecule has 0 atom stereocenters. The molecule has 0 aromatic rings. The molecule has 0 unspecified atom stereocenters. The van der Waals surface area contributed by atoms with Crippen molar-refractivity contribution in [1.29, 1.82) is 0 Å². The Morgan fingerprint density at radius 2 is 2.57 bits per heavy atom. The smallest absolute Gasteiger partial charge is 0.133 e. The minimum Gasteiger partial charge on any atom is -0.311 e. The lowest BCUT2D eigenvalue weighted by molar-refractivity contribution is 0.665. The van der Waals surface area contributed by atoms with Crippen LogP contribution in [0.4, 0.5) is 0 Å². The lowest BCUT2D eigenvalue weighted by atomic mass is 10.4. The second-order valence-corrected chi connectivity index (χ2v) is 1.53. The fraction of sp³-hybridized carbons (Fsp3) is 0.750. The van der Waals surface area contributed by atoms with E-state index in [1.807, 2.05) is 0 Å². The summed E-state index contributed by atoms with van der Waals surface area (Å²) < 4.78 is 11.5. The molecule has 1 N–H and O–H groups in total. The molecule has 0 aromatic heterocycles. The summed E-state index contributed by atoms with van der Waals surface area (Å²) in [5, 5.41) is 0. The molecule has 0 fully saturated rings. The third kappa shape index (κ3) is 5.98. The lowest BCUT2D eigenvalue weighted by Gasteiger charge is -1.78. The minimum atomic E-state index is 0.511. The van der Waals surface area contributed by atoms with Gasteiger partial charge in [-0.1, -0.05) is 13.3 Å². The van der Waals surface area contributed by atoms with Crippen LogP contribution in [0, 0.1) is 0 Å². The van der Waals surface area contributed by atoms with E-state index in [-0.39, 0.29) is 0 Å². The van der Waals surface area contributed by atoms with E-state index in [9.17, 15) is 0 Å². The highest BCUT2D eigenvalue weighted by atomic mass is 32.2. The van der Waals surface area contributed by atoms with Crippen LogP contribution in [0.1, 0.15) is 19.8 Å². The summed E-state index contributed by atoms with van der Waals surface area (Å²) in [7, 11) is 0. The molecule has 0 bridgehead atoms. The van der Waals surface area contributed by atoms with E-state index in [1.165, 1.54) is 0 Å². The van der Waals surface area contributed by atoms with Gasteiger partial charge in [0.05, 0.1) is 0 Å². The summed E-state index contributed by atoms with van der Waals surface area (Å²) in [5.41, 5.74) is 0. The maximum absolute atomic E-state index is 8.01. The van der Waals surface area contributed by atoms with Crippen molar-refractivity contribution in [3.63, 3.8) is 0 Å². The molecule has 0 rings (SSSR count). The molecule has 0 aromatic carbocycles. The lowest BCUT2D eigenvalue weighted by Crippen LogP contribution is -1.67. The molecule has 0 heterocycles. The zero-order chi connectivity index (χ0) is 5.54. The van der Waals surface area contributed by atoms with Crippen LogP contribution in [-0.4, -0.2) is 10.8 Å². The molecule has 2 nitrogen and oxygen atoms in total. The van der Waals surface area contributed by atoms with Crippen molar-refractivity contribution in [2.45, 2.75) is 19.8 Å². The van der Waals surface area contributed by atoms with Crippen molar-refractivity contribution in [3.05, 3.63) is 0 Å². The number of hydrogen-bond acceptors (Lipinski definition) is 3. The van der Waals surface area contributed by atoms with Crippen molar-refractivity contribution in [1.82, 2.24) is 0 Å². The molecule has 42 valence electrons. The highest BCUT2D eigenvalue weighted by Crippen LogP contribution is 1.90. The minimum absolute atomic E-state index is 0.511. The van der Waals surface area contributed by atoms with Crippen LogP contribution in [-0.2, 0) is 0 Å². The first-order valence-electron chi connectivity index (χ1n) is 2.24. The Hall–Kier alpha value is -0.0200. The van der Waals surface area contributed by atoms with Gasteiger partial charge in [-0.05, 0) is 6.42 Å². The van der Waals surface area contributed by atoms with Crippen LogP contribution in [0.5, 0.6) is 0 Å². The van der Waals surface area contributed by atoms with Crippen molar-refractivity contribution in [3.8, 4) is 0 Å². The van der Waals surface area contributed by atoms with Gasteiger partial charge in [0.1, 0.15) is 12.2 Å². The first kappa shape index (κ1) is 6.98. The Bertz CT molecular complexity index is 55.7. The molecular formula is C4H9NOS. The standard InChI is InChI=1S/C4H9NOS/c1-2-3-4-5-7-6/h4,6H,2-3H2,1H3/b5-4-. The molecule has 7 heavy (non-hydrogen) atoms. The van der Waals surface area contributed by atoms with Crippen LogP contribution in [0.3, 0.4) is 0 Å². The monoisotopic (exact) mass is 119 g/mol. The average Bonchev–Trinajstić information content (AvgIpc) is 1.69. The molecule has 0 aliphatic carbocycles. The molecule has 3 heteroatoms. The highest BCUT2D eigenvalue weighted by molar-refractivity contribution is 7.92. The molecular weight excluding hydrogens is 110 g/mol. The Kier molecular flexibility index (Phi) is 5.96. The molecule has 0 saturated heterocycles. The molecule has 0 amide bonds. The van der Waals surface area contributed by atoms with Gasteiger partial charge in [0.2, 0.25) is 0 Å². The van der Waals surface area contributed by atoms with Crippen LogP contribution in [0.25, 0.3) is 0 Å². The van der Waals surface area contributed by atoms with Gasteiger partial charge in [0.15, 0.2) is 0 Å². The van der Waals surface area contributed by atoms with E-state index in [1.54, 1.807) is 6.21 Å². The van der Waals surface area contributed by atoms with Crippen molar-refractivity contribution < 1.29 is 4.55 Å². The first-order chi connectivity index (χ1) is 3.41. The quantitative estimate of drug-likeness (QED) is 0.350. The van der Waals surface area contributed by atoms with Gasteiger partial charge < -0.3 is 4.55 Å². The summed E-state index contributed by atoms with van der Waals surface area (Å²) in [4.78, 5) is 0. The zero-order valence-electron chi connectivity index (χ0n) is 4.29. The SMILES string of the molecule is CCC/C=N\SO. The topological polar surface area (TPSA) is 32.6 Å². The van der Waals surface area contributed by atoms with Gasteiger partial charge in [-0.3, -0.25) is 0 Å². The molecule has 0 spiro atoms. The van der Waals surface area contributed by atoms with Crippen molar-refractivity contribution in [2.75, 3.05) is 0 Å². The number of hydrogen-bond donors (Lipinski definition) is 1. The van der Waals surface area contributed by atoms with E-state index < -0.39 is 0 Å². The first-order valence-corrected chi connectivity index (χ1v) is 2.97. The average molecular weight is 119 g/mol. The van der Waals surface area contributed by atoms with Crippen LogP contribution in [0.15, 0.2) is 4.40 Å². The van der Waals surface area contributed by atoms with Crippen molar-refractivity contribution >= 4 is 18.4 Å². The third-order valence-electron chi connectivity index (χ3n) is 0.539. The van der Waals surface area contributed by atoms with Gasteiger partial charge in [0.25, 0.3) is 0 Å². The Morgan fingerprint density at radius 3 is 3.00 bits per heavy atom. The van der Waals surface area contributed by atoms with E-state index in [0.29, 0.717) is 12.2 Å². The van der Waals surface area contributed by atoms with Crippen molar-refractivity contribution in [2.24, 2.45) is 4.40 Å². The fourth-order valence-electron chi connectivity index (χ4n) is 0.215. The zero-order valence-corrected chi connectivity index (χ0v) is 5.11. The van der Waals surface area contributed by atoms with Gasteiger partial charge in [-0.15, -0.1) is 0 Å². The highest BCUT2D eigenvalue weighted by Gasteiger charge is 1.70. The van der Waals surface area contributed by atoms with Crippen LogP contribution < -0.4 is 0 Å². The number of nitrogens with zero attached hydrogens (tertiary/aromatic N) is 1. The Morgan fingerprint density at radius 1 is 1.86 bits per heavy atom. The maximum atomic E-state index is 8.01. The number of rotatable bonds is 3. The summed E-state index contributed by atoms with van der Waals surface area (Å²) in [6, 6.07) is 0. The molecule has 0 aliphatic heterocycles. The van der Waals surface area contributed by atoms with Gasteiger partial charge in [-0.25, -0.2) is 4.40 Å². The predicted octanol–water partition coefficient (Wildman–Crippen LogP) is 1.98. The Balaban J connectivity index is 2.78. The van der Waals surface area contributed by atoms with E-state index in [0.717, 1.165) is 12.8 Å². The summed E-state index contributed by atoms with van der Waals surface area (Å²) in [5.74, 6) is 0. The second-order valence-electron chi connectivity index (χ2n) is 1.16. The second kappa shape index (κ2) is 5.98. The molecule has 0 saturated carbocycles. The van der Waals surface area contributed by atoms with Gasteiger partial charge in [-0.2, -0.15) is 0 Å². The third-order valence-corrected chi connectivity index (χ3v) is 0.783. The molecule has 0 radical (unpaired) electrons. The van der Waals surface area contributed by atoms with Crippen LogP contribution in [0.2, 0.25) is 0 Å². The normalized spacial score (nSPS) is 10.6. The number of unbranched alkanes of at least 4 members (excludes halogenated alkanes) is 1. The predicted molar refractivity (Wildman–Crippen MR) is 33.6 cm³/mol. The molecule has 0 aliphatic rings. The Labute approximate surface area is 48.0 Å². The van der Waals surface area contributed by atoms with Gasteiger partial charge >= 0.3 is 0 Å². The largest absolute Gasteiger partial charge is 0.311 e. The van der Waals surface area contributed by atoms with E-state index >= 15 is 0 Å².